The first-order chi connectivity index (χ1) is 7.17. The zero-order valence-electron chi connectivity index (χ0n) is 10.7. The number of ether oxygens (including phenoxy) is 1. The van der Waals surface area contributed by atoms with Crippen LogP contribution in [0, 0.1) is 0 Å². The highest BCUT2D eigenvalue weighted by molar-refractivity contribution is 5.88. The Bertz CT molecular complexity index is 265. The first-order valence-corrected chi connectivity index (χ1v) is 5.48. The predicted octanol–water partition coefficient (Wildman–Crippen LogP) is 1.56. The molecule has 5 heteroatoms. The van der Waals surface area contributed by atoms with Crippen molar-refractivity contribution in [2.45, 2.75) is 58.6 Å². The largest absolute Gasteiger partial charge is 0.444 e. The van der Waals surface area contributed by atoms with Gasteiger partial charge in [0.2, 0.25) is 5.91 Å². The van der Waals surface area contributed by atoms with Gasteiger partial charge in [0, 0.05) is 0 Å². The van der Waals surface area contributed by atoms with Crippen LogP contribution in [0.3, 0.4) is 0 Å². The number of rotatable bonds is 4. The molecule has 0 aliphatic heterocycles. The van der Waals surface area contributed by atoms with Crippen molar-refractivity contribution in [2.75, 3.05) is 0 Å². The second-order valence-electron chi connectivity index (χ2n) is 4.78. The van der Waals surface area contributed by atoms with Gasteiger partial charge in [0.1, 0.15) is 11.1 Å². The number of alkyl carbamates (subject to hydrolysis) is 1. The van der Waals surface area contributed by atoms with E-state index in [2.05, 4.69) is 5.32 Å². The maximum Gasteiger partial charge on any atom is 0.408 e. The quantitative estimate of drug-likeness (QED) is 0.768. The number of carbonyl (C=O) groups excluding carboxylic acids is 2. The van der Waals surface area contributed by atoms with Gasteiger partial charge in [0.25, 0.3) is 0 Å². The lowest BCUT2D eigenvalue weighted by Crippen LogP contribution is -2.57. The van der Waals surface area contributed by atoms with Gasteiger partial charge in [-0.25, -0.2) is 4.79 Å². The molecule has 0 radical (unpaired) electrons. The van der Waals surface area contributed by atoms with E-state index in [1.807, 2.05) is 0 Å². The van der Waals surface area contributed by atoms with Crippen molar-refractivity contribution >= 4 is 12.0 Å². The van der Waals surface area contributed by atoms with Gasteiger partial charge in [-0.05, 0) is 33.6 Å². The second kappa shape index (κ2) is 5.18. The minimum absolute atomic E-state index is 0.443. The van der Waals surface area contributed by atoms with Gasteiger partial charge in [0.15, 0.2) is 0 Å². The van der Waals surface area contributed by atoms with Crippen LogP contribution in [0.25, 0.3) is 0 Å². The smallest absolute Gasteiger partial charge is 0.408 e. The van der Waals surface area contributed by atoms with E-state index in [0.29, 0.717) is 12.8 Å². The number of hydrogen-bond donors (Lipinski definition) is 2. The highest BCUT2D eigenvalue weighted by atomic mass is 16.6. The van der Waals surface area contributed by atoms with E-state index in [-0.39, 0.29) is 0 Å². The Labute approximate surface area is 96.7 Å². The summed E-state index contributed by atoms with van der Waals surface area (Å²) in [5.74, 6) is -0.539. The minimum atomic E-state index is -1.01. The Morgan fingerprint density at radius 2 is 1.62 bits per heavy atom. The second-order valence-corrected chi connectivity index (χ2v) is 4.78. The molecule has 0 spiro atoms. The van der Waals surface area contributed by atoms with Crippen molar-refractivity contribution < 1.29 is 14.3 Å². The Morgan fingerprint density at radius 3 is 1.88 bits per heavy atom. The SMILES string of the molecule is CCC(CC)(NC(=O)OC(C)(C)C)C(N)=O. The molecule has 0 aliphatic rings. The van der Waals surface area contributed by atoms with E-state index in [0.717, 1.165) is 0 Å². The summed E-state index contributed by atoms with van der Waals surface area (Å²) in [4.78, 5) is 22.9. The molecule has 0 unspecified atom stereocenters. The molecule has 0 aromatic heterocycles. The molecule has 0 aromatic rings. The number of hydrogen-bond acceptors (Lipinski definition) is 3. The highest BCUT2D eigenvalue weighted by Crippen LogP contribution is 2.16. The first kappa shape index (κ1) is 14.7. The van der Waals surface area contributed by atoms with E-state index in [9.17, 15) is 9.59 Å². The standard InChI is InChI=1S/C11H22N2O3/c1-6-11(7-2,8(12)14)13-9(15)16-10(3,4)5/h6-7H2,1-5H3,(H2,12,14)(H,13,15). The van der Waals surface area contributed by atoms with Gasteiger partial charge in [-0.15, -0.1) is 0 Å². The van der Waals surface area contributed by atoms with Crippen molar-refractivity contribution in [3.05, 3.63) is 0 Å². The number of primary amides is 1. The van der Waals surface area contributed by atoms with Crippen LogP contribution in [0.5, 0.6) is 0 Å². The number of amides is 2. The molecular weight excluding hydrogens is 208 g/mol. The fraction of sp³-hybridized carbons (Fsp3) is 0.818. The Balaban J connectivity index is 4.66. The zero-order valence-corrected chi connectivity index (χ0v) is 10.7. The molecule has 0 saturated carbocycles. The summed E-state index contributed by atoms with van der Waals surface area (Å²) in [6.07, 6.45) is 0.269. The van der Waals surface area contributed by atoms with Gasteiger partial charge in [-0.3, -0.25) is 4.79 Å². The number of carbonyl (C=O) groups is 2. The fourth-order valence-electron chi connectivity index (χ4n) is 1.34. The minimum Gasteiger partial charge on any atom is -0.444 e. The van der Waals surface area contributed by atoms with Crippen LogP contribution < -0.4 is 11.1 Å². The van der Waals surface area contributed by atoms with Crippen molar-refractivity contribution in [2.24, 2.45) is 5.73 Å². The Kier molecular flexibility index (Phi) is 4.78. The van der Waals surface area contributed by atoms with Crippen LogP contribution in [0.1, 0.15) is 47.5 Å². The fourth-order valence-corrected chi connectivity index (χ4v) is 1.34. The lowest BCUT2D eigenvalue weighted by Gasteiger charge is -2.30. The molecule has 5 nitrogen and oxygen atoms in total. The van der Waals surface area contributed by atoms with E-state index >= 15 is 0 Å². The van der Waals surface area contributed by atoms with Gasteiger partial charge in [-0.2, -0.15) is 0 Å². The van der Waals surface area contributed by atoms with Crippen LogP contribution in [0.15, 0.2) is 0 Å². The summed E-state index contributed by atoms with van der Waals surface area (Å²) < 4.78 is 5.09. The van der Waals surface area contributed by atoms with Crippen LogP contribution in [0.2, 0.25) is 0 Å². The molecule has 3 N–H and O–H groups in total. The summed E-state index contributed by atoms with van der Waals surface area (Å²) in [6, 6.07) is 0. The Hall–Kier alpha value is -1.26. The molecule has 16 heavy (non-hydrogen) atoms. The van der Waals surface area contributed by atoms with Crippen molar-refractivity contribution in [3.63, 3.8) is 0 Å². The van der Waals surface area contributed by atoms with E-state index in [1.165, 1.54) is 0 Å². The van der Waals surface area contributed by atoms with Gasteiger partial charge >= 0.3 is 6.09 Å². The lowest BCUT2D eigenvalue weighted by molar-refractivity contribution is -0.124. The topological polar surface area (TPSA) is 81.4 Å². The average Bonchev–Trinajstić information content (AvgIpc) is 2.10. The molecule has 0 aromatic carbocycles. The summed E-state index contributed by atoms with van der Waals surface area (Å²) in [7, 11) is 0. The normalized spacial score (nSPS) is 12.1. The zero-order chi connectivity index (χ0) is 13.0. The first-order valence-electron chi connectivity index (χ1n) is 5.48. The highest BCUT2D eigenvalue weighted by Gasteiger charge is 2.35. The monoisotopic (exact) mass is 230 g/mol. The van der Waals surface area contributed by atoms with Crippen LogP contribution in [0.4, 0.5) is 4.79 Å². The summed E-state index contributed by atoms with van der Waals surface area (Å²) >= 11 is 0. The number of nitrogens with one attached hydrogen (secondary N) is 1. The lowest BCUT2D eigenvalue weighted by atomic mass is 9.92. The molecule has 0 heterocycles. The number of nitrogens with two attached hydrogens (primary N) is 1. The third kappa shape index (κ3) is 4.08. The molecule has 0 saturated heterocycles. The van der Waals surface area contributed by atoms with Crippen LogP contribution in [-0.2, 0) is 9.53 Å². The van der Waals surface area contributed by atoms with Crippen molar-refractivity contribution in [1.82, 2.24) is 5.32 Å². The average molecular weight is 230 g/mol. The molecule has 0 atom stereocenters. The van der Waals surface area contributed by atoms with Gasteiger partial charge < -0.3 is 15.8 Å². The third-order valence-electron chi connectivity index (χ3n) is 2.42. The van der Waals surface area contributed by atoms with Gasteiger partial charge in [-0.1, -0.05) is 13.8 Å². The maximum atomic E-state index is 11.6. The summed E-state index contributed by atoms with van der Waals surface area (Å²) in [5, 5.41) is 2.55. The maximum absolute atomic E-state index is 11.6. The summed E-state index contributed by atoms with van der Waals surface area (Å²) in [6.45, 7) is 8.88. The molecule has 0 fully saturated rings. The summed E-state index contributed by atoms with van der Waals surface area (Å²) in [5.41, 5.74) is 3.70. The molecule has 0 bridgehead atoms. The van der Waals surface area contributed by atoms with Crippen LogP contribution in [-0.4, -0.2) is 23.1 Å². The molecule has 2 amide bonds. The molecule has 0 rings (SSSR count). The van der Waals surface area contributed by atoms with Gasteiger partial charge in [0.05, 0.1) is 0 Å². The van der Waals surface area contributed by atoms with Crippen LogP contribution >= 0.6 is 0 Å². The third-order valence-corrected chi connectivity index (χ3v) is 2.42. The predicted molar refractivity (Wildman–Crippen MR) is 61.9 cm³/mol. The van der Waals surface area contributed by atoms with E-state index < -0.39 is 23.1 Å². The molecule has 0 aliphatic carbocycles. The molecular formula is C11H22N2O3. The van der Waals surface area contributed by atoms with Crippen molar-refractivity contribution in [3.8, 4) is 0 Å². The van der Waals surface area contributed by atoms with E-state index in [4.69, 9.17) is 10.5 Å². The Morgan fingerprint density at radius 1 is 1.19 bits per heavy atom. The van der Waals surface area contributed by atoms with E-state index in [1.54, 1.807) is 34.6 Å². The van der Waals surface area contributed by atoms with Crippen molar-refractivity contribution in [1.29, 1.82) is 0 Å². The molecule has 94 valence electrons.